The molecule has 0 bridgehead atoms. The Morgan fingerprint density at radius 3 is 2.47 bits per heavy atom. The molecule has 8 nitrogen and oxygen atoms in total. The predicted octanol–water partition coefficient (Wildman–Crippen LogP) is 3.27. The molecular weight excluding hydrogens is 404 g/mol. The second-order valence-electron chi connectivity index (χ2n) is 7.44. The molecule has 2 aromatic rings. The molecule has 9 heteroatoms. The number of nitrogens with zero attached hydrogens (tertiary/aromatic N) is 1. The van der Waals surface area contributed by atoms with Gasteiger partial charge < -0.3 is 20.5 Å². The van der Waals surface area contributed by atoms with Gasteiger partial charge >= 0.3 is 0 Å². The molecule has 0 saturated heterocycles. The Morgan fingerprint density at radius 1 is 1.17 bits per heavy atom. The normalized spacial score (nSPS) is 15.2. The molecule has 1 aromatic carbocycles. The number of carbonyl (C=O) groups excluding carboxylic acids is 3. The number of aromatic nitrogens is 1. The van der Waals surface area contributed by atoms with Crippen LogP contribution in [0.2, 0.25) is 0 Å². The average molecular weight is 431 g/mol. The minimum Gasteiger partial charge on any atom is -0.360 e. The van der Waals surface area contributed by atoms with Crippen molar-refractivity contribution in [2.75, 3.05) is 16.4 Å². The summed E-state index contributed by atoms with van der Waals surface area (Å²) >= 11 is 1.24. The third-order valence-corrected chi connectivity index (χ3v) is 5.86. The van der Waals surface area contributed by atoms with E-state index in [0.717, 1.165) is 24.1 Å². The number of anilines is 2. The molecule has 1 aliphatic rings. The Kier molecular flexibility index (Phi) is 7.15. The summed E-state index contributed by atoms with van der Waals surface area (Å²) in [6.45, 7) is 5.37. The first-order chi connectivity index (χ1) is 14.3. The van der Waals surface area contributed by atoms with Crippen LogP contribution in [0, 0.1) is 12.8 Å². The van der Waals surface area contributed by atoms with Crippen molar-refractivity contribution in [2.24, 2.45) is 5.92 Å². The lowest BCUT2D eigenvalue weighted by molar-refractivity contribution is -0.119. The maximum Gasteiger partial charge on any atom is 0.238 e. The van der Waals surface area contributed by atoms with Gasteiger partial charge in [0.2, 0.25) is 17.7 Å². The summed E-state index contributed by atoms with van der Waals surface area (Å²) in [6.07, 6.45) is 1.93. The van der Waals surface area contributed by atoms with Gasteiger partial charge in [-0.05, 0) is 51.3 Å². The van der Waals surface area contributed by atoms with E-state index >= 15 is 0 Å². The zero-order valence-corrected chi connectivity index (χ0v) is 18.0. The maximum atomic E-state index is 12.3. The van der Waals surface area contributed by atoms with Crippen molar-refractivity contribution < 1.29 is 18.9 Å². The fourth-order valence-electron chi connectivity index (χ4n) is 2.74. The van der Waals surface area contributed by atoms with Gasteiger partial charge in [0, 0.05) is 17.7 Å². The fraction of sp³-hybridized carbons (Fsp3) is 0.429. The van der Waals surface area contributed by atoms with Gasteiger partial charge in [-0.25, -0.2) is 0 Å². The van der Waals surface area contributed by atoms with Gasteiger partial charge in [0.25, 0.3) is 0 Å². The lowest BCUT2D eigenvalue weighted by atomic mass is 10.1. The molecule has 2 unspecified atom stereocenters. The van der Waals surface area contributed by atoms with Crippen molar-refractivity contribution in [3.05, 3.63) is 41.7 Å². The van der Waals surface area contributed by atoms with Crippen molar-refractivity contribution in [3.63, 3.8) is 0 Å². The highest BCUT2D eigenvalue weighted by atomic mass is 32.2. The molecule has 2 atom stereocenters. The summed E-state index contributed by atoms with van der Waals surface area (Å²) in [6, 6.07) is 8.89. The number of thioether (sulfide) groups is 1. The number of hydrogen-bond acceptors (Lipinski definition) is 6. The molecule has 1 heterocycles. The van der Waals surface area contributed by atoms with Crippen LogP contribution in [-0.2, 0) is 14.4 Å². The first-order valence-electron chi connectivity index (χ1n) is 9.88. The van der Waals surface area contributed by atoms with E-state index < -0.39 is 5.25 Å². The highest BCUT2D eigenvalue weighted by molar-refractivity contribution is 8.01. The van der Waals surface area contributed by atoms with Crippen LogP contribution in [0.1, 0.15) is 44.1 Å². The van der Waals surface area contributed by atoms with Crippen molar-refractivity contribution in [1.29, 1.82) is 0 Å². The van der Waals surface area contributed by atoms with Gasteiger partial charge in [-0.15, -0.1) is 11.8 Å². The van der Waals surface area contributed by atoms with Crippen molar-refractivity contribution >= 4 is 41.0 Å². The maximum absolute atomic E-state index is 12.3. The largest absolute Gasteiger partial charge is 0.360 e. The van der Waals surface area contributed by atoms with E-state index in [1.54, 1.807) is 19.9 Å². The zero-order chi connectivity index (χ0) is 21.7. The minimum absolute atomic E-state index is 0.0676. The average Bonchev–Trinajstić information content (AvgIpc) is 3.49. The first kappa shape index (κ1) is 21.9. The Hall–Kier alpha value is -2.81. The van der Waals surface area contributed by atoms with Crippen LogP contribution in [0.25, 0.3) is 0 Å². The summed E-state index contributed by atoms with van der Waals surface area (Å²) in [5, 5.41) is 11.8. The minimum atomic E-state index is -0.419. The lowest BCUT2D eigenvalue weighted by Gasteiger charge is -2.16. The van der Waals surface area contributed by atoms with Crippen LogP contribution < -0.4 is 16.0 Å². The van der Waals surface area contributed by atoms with Crippen LogP contribution in [0.15, 0.2) is 34.9 Å². The highest BCUT2D eigenvalue weighted by Gasteiger charge is 2.29. The van der Waals surface area contributed by atoms with Gasteiger partial charge in [-0.1, -0.05) is 17.3 Å². The second kappa shape index (κ2) is 9.80. The van der Waals surface area contributed by atoms with Crippen LogP contribution in [0.4, 0.5) is 11.5 Å². The third kappa shape index (κ3) is 6.35. The Labute approximate surface area is 179 Å². The summed E-state index contributed by atoms with van der Waals surface area (Å²) in [5.41, 5.74) is 1.69. The summed E-state index contributed by atoms with van der Waals surface area (Å²) in [5.74, 6) is 0.959. The van der Waals surface area contributed by atoms with E-state index in [1.807, 2.05) is 31.2 Å². The van der Waals surface area contributed by atoms with Crippen LogP contribution in [0.5, 0.6) is 0 Å². The number of aryl methyl sites for hydroxylation is 1. The Balaban J connectivity index is 1.41. The van der Waals surface area contributed by atoms with Gasteiger partial charge in [0.05, 0.1) is 17.0 Å². The molecule has 1 fully saturated rings. The number of amides is 3. The number of rotatable bonds is 9. The lowest BCUT2D eigenvalue weighted by Crippen LogP contribution is -2.30. The van der Waals surface area contributed by atoms with E-state index in [1.165, 1.54) is 11.8 Å². The molecule has 1 saturated carbocycles. The molecule has 1 aromatic heterocycles. The zero-order valence-electron chi connectivity index (χ0n) is 17.2. The molecule has 160 valence electrons. The molecule has 0 radical (unpaired) electrons. The Morgan fingerprint density at radius 2 is 1.87 bits per heavy atom. The van der Waals surface area contributed by atoms with E-state index in [9.17, 15) is 14.4 Å². The van der Waals surface area contributed by atoms with E-state index in [-0.39, 0.29) is 35.4 Å². The third-order valence-electron chi connectivity index (χ3n) is 4.72. The number of benzene rings is 1. The molecule has 3 amide bonds. The number of carbonyl (C=O) groups is 3. The van der Waals surface area contributed by atoms with Crippen molar-refractivity contribution in [3.8, 4) is 0 Å². The van der Waals surface area contributed by atoms with E-state index in [4.69, 9.17) is 4.52 Å². The van der Waals surface area contributed by atoms with Crippen LogP contribution >= 0.6 is 11.8 Å². The molecule has 0 aliphatic heterocycles. The fourth-order valence-corrected chi connectivity index (χ4v) is 3.44. The molecule has 3 rings (SSSR count). The second-order valence-corrected chi connectivity index (χ2v) is 8.77. The summed E-state index contributed by atoms with van der Waals surface area (Å²) in [7, 11) is 0. The molecule has 0 spiro atoms. The summed E-state index contributed by atoms with van der Waals surface area (Å²) in [4.78, 5) is 36.2. The number of hydrogen-bond donors (Lipinski definition) is 3. The smallest absolute Gasteiger partial charge is 0.238 e. The quantitative estimate of drug-likeness (QED) is 0.563. The van der Waals surface area contributed by atoms with Crippen LogP contribution in [-0.4, -0.2) is 33.9 Å². The first-order valence-corrected chi connectivity index (χ1v) is 10.9. The predicted molar refractivity (Wildman–Crippen MR) is 116 cm³/mol. The van der Waals surface area contributed by atoms with Gasteiger partial charge in [0.1, 0.15) is 5.76 Å². The van der Waals surface area contributed by atoms with Gasteiger partial charge in [-0.2, -0.15) is 0 Å². The molecule has 1 aliphatic carbocycles. The van der Waals surface area contributed by atoms with Crippen LogP contribution in [0.3, 0.4) is 0 Å². The van der Waals surface area contributed by atoms with E-state index in [2.05, 4.69) is 21.1 Å². The van der Waals surface area contributed by atoms with Crippen molar-refractivity contribution in [1.82, 2.24) is 10.5 Å². The molecule has 30 heavy (non-hydrogen) atoms. The molecular formula is C21H26N4O4S. The number of nitrogens with one attached hydrogen (secondary N) is 3. The van der Waals surface area contributed by atoms with E-state index in [0.29, 0.717) is 11.6 Å². The van der Waals surface area contributed by atoms with Gasteiger partial charge in [-0.3, -0.25) is 14.4 Å². The van der Waals surface area contributed by atoms with Crippen molar-refractivity contribution in [2.45, 2.75) is 44.9 Å². The topological polar surface area (TPSA) is 113 Å². The summed E-state index contributed by atoms with van der Waals surface area (Å²) < 4.78 is 4.91. The van der Waals surface area contributed by atoms with Gasteiger partial charge in [0.15, 0.2) is 5.82 Å². The SMILES string of the molecule is Cc1cc(NC(=O)C(C)SCC(=O)NC(C)c2ccc(NC(=O)C3CC3)cc2)no1. The highest BCUT2D eigenvalue weighted by Crippen LogP contribution is 2.30. The standard InChI is InChI=1S/C21H26N4O4S/c1-12-10-18(25-29-12)24-20(27)14(3)30-11-19(26)22-13(2)15-6-8-17(9-7-15)23-21(28)16-4-5-16/h6-10,13-14,16H,4-5,11H2,1-3H3,(H,22,26)(H,23,28)(H,24,25,27). The molecule has 3 N–H and O–H groups in total. The Bertz CT molecular complexity index is 908. The monoisotopic (exact) mass is 430 g/mol.